The third-order valence-corrected chi connectivity index (χ3v) is 2.83. The molecule has 0 aliphatic heterocycles. The maximum absolute atomic E-state index is 11.3. The summed E-state index contributed by atoms with van der Waals surface area (Å²) < 4.78 is 22.6. The Kier molecular flexibility index (Phi) is 2.29. The van der Waals surface area contributed by atoms with Gasteiger partial charge >= 0.3 is 0 Å². The van der Waals surface area contributed by atoms with Crippen LogP contribution in [0.1, 0.15) is 0 Å². The normalized spacial score (nSPS) is 11.1. The molecule has 0 atom stereocenters. The van der Waals surface area contributed by atoms with E-state index in [0.29, 0.717) is 11.4 Å². The highest BCUT2D eigenvalue weighted by Crippen LogP contribution is 2.19. The van der Waals surface area contributed by atoms with Gasteiger partial charge in [-0.25, -0.2) is 8.42 Å². The number of nitrogen functional groups attached to an aromatic ring is 2. The van der Waals surface area contributed by atoms with Gasteiger partial charge in [0.2, 0.25) is 0 Å². The number of anilines is 2. The van der Waals surface area contributed by atoms with Crippen molar-refractivity contribution in [3.05, 3.63) is 30.2 Å². The number of hydrogen-bond acceptors (Lipinski definition) is 4. The van der Waals surface area contributed by atoms with Gasteiger partial charge in [-0.2, -0.15) is 0 Å². The molecule has 1 rings (SSSR count). The fourth-order valence-corrected chi connectivity index (χ4v) is 1.70. The van der Waals surface area contributed by atoms with Crippen molar-refractivity contribution in [1.82, 2.24) is 0 Å². The Balaban J connectivity index is 3.40. The van der Waals surface area contributed by atoms with E-state index in [1.807, 2.05) is 0 Å². The number of hydrogen-bond donors (Lipinski definition) is 2. The van der Waals surface area contributed by atoms with E-state index in [-0.39, 0.29) is 4.90 Å². The lowest BCUT2D eigenvalue weighted by Gasteiger charge is -2.02. The second kappa shape index (κ2) is 3.10. The molecule has 0 bridgehead atoms. The van der Waals surface area contributed by atoms with Crippen molar-refractivity contribution >= 4 is 21.2 Å². The second-order valence-corrected chi connectivity index (χ2v) is 4.44. The molecule has 0 saturated carbocycles. The average molecular weight is 198 g/mol. The molecule has 0 aliphatic rings. The quantitative estimate of drug-likeness (QED) is 0.687. The zero-order chi connectivity index (χ0) is 10.1. The Morgan fingerprint density at radius 1 is 1.15 bits per heavy atom. The molecule has 0 aliphatic carbocycles. The van der Waals surface area contributed by atoms with E-state index in [0.717, 1.165) is 5.41 Å². The predicted octanol–water partition coefficient (Wildman–Crippen LogP) is 0.768. The number of benzene rings is 1. The first kappa shape index (κ1) is 9.60. The second-order valence-electron chi connectivity index (χ2n) is 2.55. The minimum absolute atomic E-state index is 0.0694. The molecule has 70 valence electrons. The van der Waals surface area contributed by atoms with E-state index in [9.17, 15) is 8.42 Å². The van der Waals surface area contributed by atoms with Crippen LogP contribution in [0.25, 0.3) is 0 Å². The molecule has 0 aromatic heterocycles. The fourth-order valence-electron chi connectivity index (χ4n) is 0.906. The number of rotatable bonds is 2. The molecular weight excluding hydrogens is 188 g/mol. The van der Waals surface area contributed by atoms with E-state index in [4.69, 9.17) is 11.5 Å². The van der Waals surface area contributed by atoms with Crippen molar-refractivity contribution in [1.29, 1.82) is 0 Å². The maximum Gasteiger partial charge on any atom is 0.199 e. The van der Waals surface area contributed by atoms with Gasteiger partial charge in [0.05, 0.1) is 4.90 Å². The molecule has 13 heavy (non-hydrogen) atoms. The average Bonchev–Trinajstić information content (AvgIpc) is 2.02. The summed E-state index contributed by atoms with van der Waals surface area (Å²) in [6.07, 6.45) is 0. The summed E-state index contributed by atoms with van der Waals surface area (Å²) in [7, 11) is -3.44. The summed E-state index contributed by atoms with van der Waals surface area (Å²) in [6.45, 7) is 3.20. The predicted molar refractivity (Wildman–Crippen MR) is 52.6 cm³/mol. The highest BCUT2D eigenvalue weighted by atomic mass is 32.2. The molecule has 5 heteroatoms. The minimum atomic E-state index is -3.44. The maximum atomic E-state index is 11.3. The van der Waals surface area contributed by atoms with Crippen molar-refractivity contribution in [2.24, 2.45) is 0 Å². The van der Waals surface area contributed by atoms with Crippen LogP contribution in [0.4, 0.5) is 11.4 Å². The zero-order valence-corrected chi connectivity index (χ0v) is 7.71. The molecule has 0 amide bonds. The molecule has 0 radical (unpaired) electrons. The number of nitrogens with two attached hydrogens (primary N) is 2. The largest absolute Gasteiger partial charge is 0.399 e. The van der Waals surface area contributed by atoms with E-state index in [2.05, 4.69) is 6.58 Å². The van der Waals surface area contributed by atoms with E-state index >= 15 is 0 Å². The SMILES string of the molecule is C=CS(=O)(=O)c1cc(N)cc(N)c1. The van der Waals surface area contributed by atoms with Crippen molar-refractivity contribution in [2.45, 2.75) is 4.90 Å². The summed E-state index contributed by atoms with van der Waals surface area (Å²) in [6, 6.07) is 4.17. The highest BCUT2D eigenvalue weighted by molar-refractivity contribution is 7.94. The Morgan fingerprint density at radius 2 is 1.62 bits per heavy atom. The summed E-state index contributed by atoms with van der Waals surface area (Å²) >= 11 is 0. The van der Waals surface area contributed by atoms with Gasteiger partial charge in [-0.1, -0.05) is 6.58 Å². The Bertz CT molecular complexity index is 417. The molecule has 0 unspecified atom stereocenters. The first-order valence-electron chi connectivity index (χ1n) is 3.49. The molecule has 4 nitrogen and oxygen atoms in total. The summed E-state index contributed by atoms with van der Waals surface area (Å²) in [5.74, 6) is 0. The van der Waals surface area contributed by atoms with Crippen molar-refractivity contribution in [2.75, 3.05) is 11.5 Å². The van der Waals surface area contributed by atoms with Crippen molar-refractivity contribution in [3.8, 4) is 0 Å². The van der Waals surface area contributed by atoms with Gasteiger partial charge in [-0.15, -0.1) is 0 Å². The zero-order valence-electron chi connectivity index (χ0n) is 6.90. The van der Waals surface area contributed by atoms with Gasteiger partial charge in [0.15, 0.2) is 9.84 Å². The molecule has 0 spiro atoms. The van der Waals surface area contributed by atoms with Crippen molar-refractivity contribution < 1.29 is 8.42 Å². The monoisotopic (exact) mass is 198 g/mol. The van der Waals surface area contributed by atoms with Gasteiger partial charge in [0, 0.05) is 16.8 Å². The van der Waals surface area contributed by atoms with Crippen LogP contribution in [0.2, 0.25) is 0 Å². The molecular formula is C8H10N2O2S. The smallest absolute Gasteiger partial charge is 0.199 e. The molecule has 1 aromatic carbocycles. The van der Waals surface area contributed by atoms with Crippen LogP contribution in [0.5, 0.6) is 0 Å². The summed E-state index contributed by atoms with van der Waals surface area (Å²) in [5.41, 5.74) is 11.5. The van der Waals surface area contributed by atoms with Crippen LogP contribution in [0.3, 0.4) is 0 Å². The van der Waals surface area contributed by atoms with Gasteiger partial charge in [-0.05, 0) is 18.2 Å². The van der Waals surface area contributed by atoms with Crippen LogP contribution in [-0.4, -0.2) is 8.42 Å². The third kappa shape index (κ3) is 2.00. The molecule has 0 saturated heterocycles. The Hall–Kier alpha value is -1.49. The van der Waals surface area contributed by atoms with Crippen LogP contribution in [0.15, 0.2) is 35.1 Å². The standard InChI is InChI=1S/C8H10N2O2S/c1-2-13(11,12)8-4-6(9)3-7(10)5-8/h2-5H,1,9-10H2. The van der Waals surface area contributed by atoms with Crippen LogP contribution < -0.4 is 11.5 Å². The molecule has 0 heterocycles. The minimum Gasteiger partial charge on any atom is -0.399 e. The molecule has 1 aromatic rings. The van der Waals surface area contributed by atoms with Gasteiger partial charge in [0.1, 0.15) is 0 Å². The van der Waals surface area contributed by atoms with Gasteiger partial charge < -0.3 is 11.5 Å². The summed E-state index contributed by atoms with van der Waals surface area (Å²) in [4.78, 5) is 0.0694. The lowest BCUT2D eigenvalue weighted by atomic mass is 10.3. The van der Waals surface area contributed by atoms with E-state index in [1.54, 1.807) is 0 Å². The Labute approximate surface area is 76.8 Å². The Morgan fingerprint density at radius 3 is 2.00 bits per heavy atom. The first-order valence-corrected chi connectivity index (χ1v) is 5.04. The van der Waals surface area contributed by atoms with Crippen LogP contribution in [0, 0.1) is 0 Å². The fraction of sp³-hybridized carbons (Fsp3) is 0. The summed E-state index contributed by atoms with van der Waals surface area (Å²) in [5, 5.41) is 0.862. The van der Waals surface area contributed by atoms with Gasteiger partial charge in [0.25, 0.3) is 0 Å². The van der Waals surface area contributed by atoms with Crippen LogP contribution >= 0.6 is 0 Å². The van der Waals surface area contributed by atoms with Gasteiger partial charge in [-0.3, -0.25) is 0 Å². The lowest BCUT2D eigenvalue weighted by Crippen LogP contribution is -1.99. The number of sulfone groups is 1. The molecule has 4 N–H and O–H groups in total. The third-order valence-electron chi connectivity index (χ3n) is 1.50. The first-order chi connectivity index (χ1) is 5.95. The highest BCUT2D eigenvalue weighted by Gasteiger charge is 2.10. The van der Waals surface area contributed by atoms with E-state index in [1.165, 1.54) is 18.2 Å². The van der Waals surface area contributed by atoms with Crippen LogP contribution in [-0.2, 0) is 9.84 Å². The van der Waals surface area contributed by atoms with E-state index < -0.39 is 9.84 Å². The molecule has 0 fully saturated rings. The topological polar surface area (TPSA) is 86.2 Å². The van der Waals surface area contributed by atoms with Crippen molar-refractivity contribution in [3.63, 3.8) is 0 Å². The lowest BCUT2D eigenvalue weighted by molar-refractivity contribution is 0.605.